The summed E-state index contributed by atoms with van der Waals surface area (Å²) in [6.07, 6.45) is 7.38. The Hall–Kier alpha value is -1.69. The van der Waals surface area contributed by atoms with E-state index in [2.05, 4.69) is 66.6 Å². The van der Waals surface area contributed by atoms with Gasteiger partial charge in [0.05, 0.1) is 10.9 Å². The van der Waals surface area contributed by atoms with Gasteiger partial charge < -0.3 is 4.74 Å². The zero-order chi connectivity index (χ0) is 14.8. The number of hydrogen-bond donors (Lipinski definition) is 0. The number of unbranched alkanes of at least 4 members (excludes halogenated alkanes) is 1. The van der Waals surface area contributed by atoms with Crippen LogP contribution in [0, 0.1) is 12.3 Å². The van der Waals surface area contributed by atoms with Crippen LogP contribution in [0.4, 0.5) is 0 Å². The highest BCUT2D eigenvalue weighted by Gasteiger charge is 2.23. The molecule has 0 spiro atoms. The first-order chi connectivity index (χ1) is 10.4. The molecule has 0 atom stereocenters. The molecular formula is C19H21OS+. The monoisotopic (exact) mass is 297 g/mol. The van der Waals surface area contributed by atoms with Gasteiger partial charge in [0.25, 0.3) is 0 Å². The van der Waals surface area contributed by atoms with Crippen molar-refractivity contribution in [2.75, 3.05) is 19.0 Å². The van der Waals surface area contributed by atoms with E-state index in [0.717, 1.165) is 25.2 Å². The van der Waals surface area contributed by atoms with Crippen molar-refractivity contribution in [1.29, 1.82) is 0 Å². The molecule has 1 nitrogen and oxygen atoms in total. The number of benzene rings is 2. The lowest BCUT2D eigenvalue weighted by Gasteiger charge is -2.08. The van der Waals surface area contributed by atoms with Gasteiger partial charge in [-0.25, -0.2) is 0 Å². The SMILES string of the molecule is C#CCOCCCC[S+](c1ccccc1)c1ccccc1. The average molecular weight is 297 g/mol. The zero-order valence-corrected chi connectivity index (χ0v) is 13.0. The van der Waals surface area contributed by atoms with E-state index in [4.69, 9.17) is 11.2 Å². The normalized spacial score (nSPS) is 10.5. The van der Waals surface area contributed by atoms with E-state index in [0.29, 0.717) is 6.61 Å². The van der Waals surface area contributed by atoms with Gasteiger partial charge >= 0.3 is 0 Å². The van der Waals surface area contributed by atoms with Gasteiger partial charge in [-0.05, 0) is 37.1 Å². The van der Waals surface area contributed by atoms with Crippen molar-refractivity contribution < 1.29 is 4.74 Å². The number of hydrogen-bond acceptors (Lipinski definition) is 1. The van der Waals surface area contributed by atoms with Crippen LogP contribution in [0.1, 0.15) is 12.8 Å². The zero-order valence-electron chi connectivity index (χ0n) is 12.2. The van der Waals surface area contributed by atoms with Gasteiger partial charge in [-0.15, -0.1) is 6.42 Å². The Kier molecular flexibility index (Phi) is 6.94. The second-order valence-electron chi connectivity index (χ2n) is 4.68. The van der Waals surface area contributed by atoms with Gasteiger partial charge in [0.15, 0.2) is 9.79 Å². The van der Waals surface area contributed by atoms with Crippen LogP contribution in [0.5, 0.6) is 0 Å². The van der Waals surface area contributed by atoms with E-state index in [1.807, 2.05) is 0 Å². The Labute approximate surface area is 130 Å². The van der Waals surface area contributed by atoms with Gasteiger partial charge in [0.2, 0.25) is 0 Å². The summed E-state index contributed by atoms with van der Waals surface area (Å²) in [7, 11) is 0.146. The second-order valence-corrected chi connectivity index (χ2v) is 6.82. The van der Waals surface area contributed by atoms with E-state index >= 15 is 0 Å². The lowest BCUT2D eigenvalue weighted by molar-refractivity contribution is 0.164. The van der Waals surface area contributed by atoms with E-state index in [-0.39, 0.29) is 10.9 Å². The third-order valence-corrected chi connectivity index (χ3v) is 5.51. The number of rotatable bonds is 8. The first-order valence-corrected chi connectivity index (χ1v) is 8.63. The molecule has 0 radical (unpaired) electrons. The Morgan fingerprint density at radius 1 is 0.857 bits per heavy atom. The first-order valence-electron chi connectivity index (χ1n) is 7.24. The standard InChI is InChI=1S/C19H21OS/c1-2-15-20-16-9-10-17-21(18-11-5-3-6-12-18)19-13-7-4-8-14-19/h1,3-8,11-14H,9-10,15-17H2/q+1. The topological polar surface area (TPSA) is 9.23 Å². The summed E-state index contributed by atoms with van der Waals surface area (Å²) < 4.78 is 5.34. The third-order valence-electron chi connectivity index (χ3n) is 3.13. The van der Waals surface area contributed by atoms with Gasteiger partial charge in [0, 0.05) is 6.61 Å². The summed E-state index contributed by atoms with van der Waals surface area (Å²) >= 11 is 0. The van der Waals surface area contributed by atoms with Gasteiger partial charge in [-0.2, -0.15) is 0 Å². The first kappa shape index (κ1) is 15.7. The molecule has 0 aliphatic carbocycles. The molecule has 0 heterocycles. The van der Waals surface area contributed by atoms with Gasteiger partial charge in [0.1, 0.15) is 12.4 Å². The fourth-order valence-electron chi connectivity index (χ4n) is 2.12. The minimum atomic E-state index is 0.146. The predicted molar refractivity (Wildman–Crippen MR) is 90.5 cm³/mol. The van der Waals surface area contributed by atoms with Crippen molar-refractivity contribution in [1.82, 2.24) is 0 Å². The van der Waals surface area contributed by atoms with Crippen molar-refractivity contribution in [3.05, 3.63) is 60.7 Å². The molecule has 21 heavy (non-hydrogen) atoms. The van der Waals surface area contributed by atoms with Gasteiger partial charge in [-0.1, -0.05) is 42.3 Å². The summed E-state index contributed by atoms with van der Waals surface area (Å²) in [5, 5.41) is 0. The van der Waals surface area contributed by atoms with Crippen LogP contribution in [0.25, 0.3) is 0 Å². The lowest BCUT2D eigenvalue weighted by Crippen LogP contribution is -2.09. The van der Waals surface area contributed by atoms with Gasteiger partial charge in [-0.3, -0.25) is 0 Å². The molecule has 108 valence electrons. The van der Waals surface area contributed by atoms with Crippen LogP contribution in [-0.4, -0.2) is 19.0 Å². The molecule has 2 heteroatoms. The van der Waals surface area contributed by atoms with E-state index in [1.165, 1.54) is 9.79 Å². The molecule has 0 aromatic heterocycles. The van der Waals surface area contributed by atoms with Crippen molar-refractivity contribution >= 4 is 10.9 Å². The highest BCUT2D eigenvalue weighted by Crippen LogP contribution is 2.24. The average Bonchev–Trinajstić information content (AvgIpc) is 2.56. The molecular weight excluding hydrogens is 276 g/mol. The fourth-order valence-corrected chi connectivity index (χ4v) is 4.33. The molecule has 0 unspecified atom stereocenters. The fraction of sp³-hybridized carbons (Fsp3) is 0.263. The summed E-state index contributed by atoms with van der Waals surface area (Å²) in [5.74, 6) is 3.66. The number of ether oxygens (including phenoxy) is 1. The van der Waals surface area contributed by atoms with Crippen molar-refractivity contribution in [2.45, 2.75) is 22.6 Å². The van der Waals surface area contributed by atoms with Crippen molar-refractivity contribution in [2.24, 2.45) is 0 Å². The van der Waals surface area contributed by atoms with Crippen molar-refractivity contribution in [3.63, 3.8) is 0 Å². The van der Waals surface area contributed by atoms with Crippen LogP contribution in [-0.2, 0) is 15.6 Å². The Balaban J connectivity index is 1.96. The maximum atomic E-state index is 5.34. The third kappa shape index (κ3) is 5.30. The Bertz CT molecular complexity index is 505. The molecule has 2 aromatic rings. The largest absolute Gasteiger partial charge is 0.369 e. The minimum Gasteiger partial charge on any atom is -0.369 e. The highest BCUT2D eigenvalue weighted by molar-refractivity contribution is 7.97. The van der Waals surface area contributed by atoms with Crippen LogP contribution in [0.3, 0.4) is 0 Å². The molecule has 0 aliphatic rings. The summed E-state index contributed by atoms with van der Waals surface area (Å²) in [6.45, 7) is 1.17. The highest BCUT2D eigenvalue weighted by atomic mass is 32.2. The molecule has 0 saturated heterocycles. The molecule has 0 N–H and O–H groups in total. The summed E-state index contributed by atoms with van der Waals surface area (Å²) in [4.78, 5) is 2.82. The lowest BCUT2D eigenvalue weighted by atomic mass is 10.3. The Morgan fingerprint density at radius 3 is 1.95 bits per heavy atom. The van der Waals surface area contributed by atoms with Crippen molar-refractivity contribution in [3.8, 4) is 12.3 Å². The maximum absolute atomic E-state index is 5.34. The summed E-state index contributed by atoms with van der Waals surface area (Å²) in [6, 6.07) is 21.5. The summed E-state index contributed by atoms with van der Waals surface area (Å²) in [5.41, 5.74) is 0. The smallest absolute Gasteiger partial charge is 0.160 e. The van der Waals surface area contributed by atoms with E-state index in [9.17, 15) is 0 Å². The second kappa shape index (κ2) is 9.28. The molecule has 0 bridgehead atoms. The van der Waals surface area contributed by atoms with E-state index in [1.54, 1.807) is 0 Å². The molecule has 2 aromatic carbocycles. The molecule has 0 fully saturated rings. The predicted octanol–water partition coefficient (Wildman–Crippen LogP) is 4.15. The van der Waals surface area contributed by atoms with Crippen LogP contribution < -0.4 is 0 Å². The quantitative estimate of drug-likeness (QED) is 0.404. The minimum absolute atomic E-state index is 0.146. The van der Waals surface area contributed by atoms with Crippen LogP contribution in [0.15, 0.2) is 70.5 Å². The molecule has 0 saturated carbocycles. The molecule has 2 rings (SSSR count). The number of terminal acetylenes is 1. The Morgan fingerprint density at radius 2 is 1.43 bits per heavy atom. The molecule has 0 amide bonds. The molecule has 0 aliphatic heterocycles. The van der Waals surface area contributed by atoms with Crippen LogP contribution >= 0.6 is 0 Å². The van der Waals surface area contributed by atoms with Crippen LogP contribution in [0.2, 0.25) is 0 Å². The van der Waals surface area contributed by atoms with E-state index < -0.39 is 0 Å². The maximum Gasteiger partial charge on any atom is 0.160 e.